The number of nitrogens with zero attached hydrogens (tertiary/aromatic N) is 3. The first-order chi connectivity index (χ1) is 7.29. The molecule has 2 aliphatic heterocycles. The Balaban J connectivity index is 1.64. The van der Waals surface area contributed by atoms with Crippen LogP contribution in [0.3, 0.4) is 0 Å². The van der Waals surface area contributed by atoms with E-state index in [1.807, 2.05) is 0 Å². The summed E-state index contributed by atoms with van der Waals surface area (Å²) in [5, 5.41) is 8.85. The summed E-state index contributed by atoms with van der Waals surface area (Å²) in [6.45, 7) is 2.90. The monoisotopic (exact) mass is 245 g/mol. The third kappa shape index (κ3) is 2.15. The van der Waals surface area contributed by atoms with Crippen molar-refractivity contribution >= 4 is 22.9 Å². The zero-order valence-electron chi connectivity index (χ0n) is 8.23. The molecule has 3 rings (SSSR count). The van der Waals surface area contributed by atoms with E-state index >= 15 is 0 Å². The Morgan fingerprint density at radius 1 is 1.33 bits per heavy atom. The van der Waals surface area contributed by atoms with Crippen LogP contribution in [0.15, 0.2) is 0 Å². The van der Waals surface area contributed by atoms with Gasteiger partial charge in [-0.3, -0.25) is 4.90 Å². The van der Waals surface area contributed by atoms with Gasteiger partial charge in [0.25, 0.3) is 0 Å². The molecule has 0 saturated carbocycles. The molecule has 2 atom stereocenters. The Labute approximate surface area is 97.2 Å². The van der Waals surface area contributed by atoms with E-state index < -0.39 is 0 Å². The smallest absolute Gasteiger partial charge is 0.207 e. The first kappa shape index (κ1) is 9.96. The molecule has 3 heterocycles. The summed E-state index contributed by atoms with van der Waals surface area (Å²) < 4.78 is 6.30. The molecule has 2 saturated heterocycles. The van der Waals surface area contributed by atoms with Crippen LogP contribution in [0.5, 0.6) is 0 Å². The second-order valence-electron chi connectivity index (χ2n) is 4.10. The fraction of sp³-hybridized carbons (Fsp3) is 0.778. The van der Waals surface area contributed by atoms with Crippen LogP contribution >= 0.6 is 22.9 Å². The highest BCUT2D eigenvalue weighted by Gasteiger charge is 2.33. The Morgan fingerprint density at radius 3 is 2.67 bits per heavy atom. The number of halogens is 1. The topological polar surface area (TPSA) is 38.2 Å². The maximum atomic E-state index is 5.77. The predicted octanol–water partition coefficient (Wildman–Crippen LogP) is 1.55. The fourth-order valence-electron chi connectivity index (χ4n) is 2.32. The van der Waals surface area contributed by atoms with E-state index in [2.05, 4.69) is 15.1 Å². The minimum absolute atomic E-state index is 0.437. The highest BCUT2D eigenvalue weighted by Crippen LogP contribution is 2.27. The molecular formula is C9H12ClN3OS. The van der Waals surface area contributed by atoms with Crippen molar-refractivity contribution in [2.45, 2.75) is 31.6 Å². The van der Waals surface area contributed by atoms with Crippen LogP contribution in [-0.2, 0) is 11.3 Å². The van der Waals surface area contributed by atoms with Crippen molar-refractivity contribution in [3.05, 3.63) is 9.47 Å². The van der Waals surface area contributed by atoms with Gasteiger partial charge in [0.2, 0.25) is 4.47 Å². The molecule has 0 aliphatic carbocycles. The van der Waals surface area contributed by atoms with Crippen LogP contribution in [0.25, 0.3) is 0 Å². The number of likely N-dealkylation sites (tertiary alicyclic amines) is 1. The summed E-state index contributed by atoms with van der Waals surface area (Å²) >= 11 is 7.21. The minimum atomic E-state index is 0.437. The standard InChI is InChI=1S/C9H12ClN3OS/c10-9-12-11-8(15-9)5-13-3-6-1-2-7(4-13)14-6/h6-7H,1-5H2. The summed E-state index contributed by atoms with van der Waals surface area (Å²) in [5.41, 5.74) is 0. The number of hydrogen-bond donors (Lipinski definition) is 0. The maximum Gasteiger partial charge on any atom is 0.207 e. The summed E-state index contributed by atoms with van der Waals surface area (Å²) in [6.07, 6.45) is 3.29. The molecule has 2 aliphatic rings. The van der Waals surface area contributed by atoms with Crippen LogP contribution in [0.1, 0.15) is 17.8 Å². The predicted molar refractivity (Wildman–Crippen MR) is 58.1 cm³/mol. The van der Waals surface area contributed by atoms with E-state index in [-0.39, 0.29) is 0 Å². The molecule has 15 heavy (non-hydrogen) atoms. The lowest BCUT2D eigenvalue weighted by Crippen LogP contribution is -2.41. The average molecular weight is 246 g/mol. The van der Waals surface area contributed by atoms with E-state index in [9.17, 15) is 0 Å². The quantitative estimate of drug-likeness (QED) is 0.793. The molecule has 1 aromatic rings. The van der Waals surface area contributed by atoms with Crippen molar-refractivity contribution in [2.75, 3.05) is 13.1 Å². The first-order valence-corrected chi connectivity index (χ1v) is 6.35. The Kier molecular flexibility index (Phi) is 2.64. The van der Waals surface area contributed by atoms with Crippen LogP contribution in [0, 0.1) is 0 Å². The van der Waals surface area contributed by atoms with E-state index in [1.165, 1.54) is 24.2 Å². The first-order valence-electron chi connectivity index (χ1n) is 5.15. The van der Waals surface area contributed by atoms with Crippen molar-refractivity contribution in [3.8, 4) is 0 Å². The molecule has 0 radical (unpaired) electrons. The molecule has 2 bridgehead atoms. The Bertz CT molecular complexity index is 347. The van der Waals surface area contributed by atoms with Crippen molar-refractivity contribution < 1.29 is 4.74 Å². The van der Waals surface area contributed by atoms with Gasteiger partial charge in [-0.1, -0.05) is 11.3 Å². The highest BCUT2D eigenvalue weighted by molar-refractivity contribution is 7.15. The molecular weight excluding hydrogens is 234 g/mol. The molecule has 0 amide bonds. The lowest BCUT2D eigenvalue weighted by molar-refractivity contribution is -0.0411. The van der Waals surface area contributed by atoms with E-state index in [0.717, 1.165) is 24.6 Å². The molecule has 0 aromatic carbocycles. The lowest BCUT2D eigenvalue weighted by atomic mass is 10.2. The zero-order valence-corrected chi connectivity index (χ0v) is 9.80. The van der Waals surface area contributed by atoms with Gasteiger partial charge in [0, 0.05) is 13.1 Å². The van der Waals surface area contributed by atoms with Crippen LogP contribution in [0.4, 0.5) is 0 Å². The van der Waals surface area contributed by atoms with Crippen molar-refractivity contribution in [3.63, 3.8) is 0 Å². The van der Waals surface area contributed by atoms with Gasteiger partial charge in [-0.2, -0.15) is 0 Å². The number of ether oxygens (including phenoxy) is 1. The maximum absolute atomic E-state index is 5.77. The number of morpholine rings is 1. The number of aromatic nitrogens is 2. The van der Waals surface area contributed by atoms with Gasteiger partial charge < -0.3 is 4.74 Å². The molecule has 6 heteroatoms. The normalized spacial score (nSPS) is 31.0. The lowest BCUT2D eigenvalue weighted by Gasteiger charge is -2.31. The molecule has 0 spiro atoms. The van der Waals surface area contributed by atoms with Gasteiger partial charge >= 0.3 is 0 Å². The van der Waals surface area contributed by atoms with Gasteiger partial charge in [-0.25, -0.2) is 0 Å². The van der Waals surface area contributed by atoms with Crippen LogP contribution in [0.2, 0.25) is 4.47 Å². The van der Waals surface area contributed by atoms with E-state index in [0.29, 0.717) is 16.7 Å². The van der Waals surface area contributed by atoms with E-state index in [1.54, 1.807) is 0 Å². The van der Waals surface area contributed by atoms with Gasteiger partial charge in [0.1, 0.15) is 5.01 Å². The van der Waals surface area contributed by atoms with Crippen molar-refractivity contribution in [1.82, 2.24) is 15.1 Å². The molecule has 2 unspecified atom stereocenters. The Morgan fingerprint density at radius 2 is 2.07 bits per heavy atom. The summed E-state index contributed by atoms with van der Waals surface area (Å²) in [6, 6.07) is 0. The Hall–Kier alpha value is -0.230. The van der Waals surface area contributed by atoms with Gasteiger partial charge in [0.15, 0.2) is 0 Å². The average Bonchev–Trinajstić information content (AvgIpc) is 2.74. The molecule has 1 aromatic heterocycles. The summed E-state index contributed by atoms with van der Waals surface area (Å²) in [7, 11) is 0. The minimum Gasteiger partial charge on any atom is -0.372 e. The largest absolute Gasteiger partial charge is 0.372 e. The fourth-order valence-corrected chi connectivity index (χ4v) is 3.23. The van der Waals surface area contributed by atoms with Gasteiger partial charge in [-0.05, 0) is 24.4 Å². The molecule has 0 N–H and O–H groups in total. The van der Waals surface area contributed by atoms with Gasteiger partial charge in [-0.15, -0.1) is 10.2 Å². The number of fused-ring (bicyclic) bond motifs is 2. The van der Waals surface area contributed by atoms with Crippen LogP contribution < -0.4 is 0 Å². The summed E-state index contributed by atoms with van der Waals surface area (Å²) in [5.74, 6) is 0. The second-order valence-corrected chi connectivity index (χ2v) is 5.74. The SMILES string of the molecule is Clc1nnc(CN2CC3CCC(C2)O3)s1. The molecule has 82 valence electrons. The number of hydrogen-bond acceptors (Lipinski definition) is 5. The molecule has 2 fully saturated rings. The van der Waals surface area contributed by atoms with Crippen LogP contribution in [-0.4, -0.2) is 40.4 Å². The van der Waals surface area contributed by atoms with Crippen molar-refractivity contribution in [1.29, 1.82) is 0 Å². The van der Waals surface area contributed by atoms with E-state index in [4.69, 9.17) is 16.3 Å². The third-order valence-corrected chi connectivity index (χ3v) is 3.92. The van der Waals surface area contributed by atoms with Gasteiger partial charge in [0.05, 0.1) is 18.8 Å². The third-order valence-electron chi connectivity index (χ3n) is 2.92. The summed E-state index contributed by atoms with van der Waals surface area (Å²) in [4.78, 5) is 2.39. The zero-order chi connectivity index (χ0) is 10.3. The second kappa shape index (κ2) is 3.97. The highest BCUT2D eigenvalue weighted by atomic mass is 35.5. The van der Waals surface area contributed by atoms with Crippen molar-refractivity contribution in [2.24, 2.45) is 0 Å². The molecule has 4 nitrogen and oxygen atoms in total. The number of rotatable bonds is 2.